The quantitative estimate of drug-likeness (QED) is 0.206. The van der Waals surface area contributed by atoms with Crippen LogP contribution in [0.1, 0.15) is 29.5 Å². The van der Waals surface area contributed by atoms with Gasteiger partial charge in [-0.1, -0.05) is 133 Å². The monoisotopic (exact) mass is 654 g/mol. The molecule has 1 N–H and O–H groups in total. The molecule has 1 aromatic heterocycles. The van der Waals surface area contributed by atoms with Crippen molar-refractivity contribution in [1.29, 1.82) is 0 Å². The number of nitrogens with one attached hydrogen (secondary N) is 1. The van der Waals surface area contributed by atoms with Gasteiger partial charge in [-0.05, 0) is 65.0 Å². The first-order valence-corrected chi connectivity index (χ1v) is 17.8. The molecule has 0 spiro atoms. The summed E-state index contributed by atoms with van der Waals surface area (Å²) in [5, 5.41) is 11.4. The van der Waals surface area contributed by atoms with Crippen LogP contribution in [0.4, 0.5) is 17.1 Å². The van der Waals surface area contributed by atoms with Crippen molar-refractivity contribution < 1.29 is 0 Å². The summed E-state index contributed by atoms with van der Waals surface area (Å²) in [5.41, 5.74) is 10.4. The van der Waals surface area contributed by atoms with Crippen LogP contribution in [0, 0.1) is 0 Å². The van der Waals surface area contributed by atoms with E-state index in [-0.39, 0.29) is 12.0 Å². The highest BCUT2D eigenvalue weighted by atomic mass is 15.4. The Labute approximate surface area is 296 Å². The molecule has 11 rings (SSSR count). The summed E-state index contributed by atoms with van der Waals surface area (Å²) in [4.78, 5) is 8.26. The lowest BCUT2D eigenvalue weighted by Gasteiger charge is -2.37. The second-order valence-electron chi connectivity index (χ2n) is 14.1. The SMILES string of the molecule is CC1(n2c3ccccc3c3c4ccccc4ccc32)N=C(c2ccc3c(c2)C2C=CC=CC2N3c2cccc3ccccc23)c2ccccc2N1. The van der Waals surface area contributed by atoms with E-state index in [4.69, 9.17) is 4.99 Å². The standard InChI is InChI=1S/C47H34N4/c1-47(51-43-23-11-8-20-37(43)45-34-17-5-3-14-31(34)25-28-44(45)51)48-39-21-9-6-19-36(39)46(49-47)32-26-27-42-38(29-32)35-18-7-10-22-41(35)50(42)40-24-12-15-30-13-2-4-16-33(30)40/h2-29,35,41,48H,1H3. The molecule has 242 valence electrons. The van der Waals surface area contributed by atoms with Crippen LogP contribution in [0.2, 0.25) is 0 Å². The second kappa shape index (κ2) is 10.6. The highest BCUT2D eigenvalue weighted by molar-refractivity contribution is 6.21. The van der Waals surface area contributed by atoms with E-state index in [1.165, 1.54) is 49.3 Å². The van der Waals surface area contributed by atoms with Crippen LogP contribution in [0.25, 0.3) is 43.4 Å². The number of hydrogen-bond donors (Lipinski definition) is 1. The van der Waals surface area contributed by atoms with Gasteiger partial charge in [-0.3, -0.25) is 4.57 Å². The van der Waals surface area contributed by atoms with Gasteiger partial charge in [-0.25, -0.2) is 4.99 Å². The van der Waals surface area contributed by atoms with E-state index in [1.54, 1.807) is 0 Å². The third-order valence-corrected chi connectivity index (χ3v) is 11.2. The maximum atomic E-state index is 5.72. The molecule has 0 radical (unpaired) electrons. The van der Waals surface area contributed by atoms with E-state index >= 15 is 0 Å². The van der Waals surface area contributed by atoms with Crippen LogP contribution in [0.15, 0.2) is 175 Å². The molecule has 3 aliphatic rings. The molecular formula is C47H34N4. The predicted molar refractivity (Wildman–Crippen MR) is 214 cm³/mol. The van der Waals surface area contributed by atoms with Gasteiger partial charge in [-0.2, -0.15) is 0 Å². The molecule has 2 aliphatic heterocycles. The molecule has 1 aliphatic carbocycles. The summed E-state index contributed by atoms with van der Waals surface area (Å²) in [6, 6.07) is 53.1. The first-order chi connectivity index (χ1) is 25.2. The third kappa shape index (κ3) is 4.05. The molecule has 0 saturated heterocycles. The predicted octanol–water partition coefficient (Wildman–Crippen LogP) is 11.4. The lowest BCUT2D eigenvalue weighted by molar-refractivity contribution is 0.413. The minimum Gasteiger partial charge on any atom is -0.344 e. The van der Waals surface area contributed by atoms with E-state index in [0.29, 0.717) is 0 Å². The first-order valence-electron chi connectivity index (χ1n) is 17.8. The maximum absolute atomic E-state index is 5.72. The van der Waals surface area contributed by atoms with E-state index < -0.39 is 5.79 Å². The number of benzene rings is 7. The Hall–Kier alpha value is -6.39. The number of para-hydroxylation sites is 2. The molecule has 0 fully saturated rings. The van der Waals surface area contributed by atoms with Crippen LogP contribution in [-0.2, 0) is 5.79 Å². The van der Waals surface area contributed by atoms with Gasteiger partial charge in [-0.15, -0.1) is 0 Å². The first kappa shape index (κ1) is 28.4. The minimum absolute atomic E-state index is 0.200. The molecule has 8 aromatic rings. The Kier molecular flexibility index (Phi) is 5.89. The fourth-order valence-electron chi connectivity index (χ4n) is 9.08. The fraction of sp³-hybridized carbons (Fsp3) is 0.0851. The average molecular weight is 655 g/mol. The summed E-state index contributed by atoms with van der Waals surface area (Å²) in [6.07, 6.45) is 9.11. The largest absolute Gasteiger partial charge is 0.344 e. The smallest absolute Gasteiger partial charge is 0.209 e. The molecule has 3 unspecified atom stereocenters. The van der Waals surface area contributed by atoms with Gasteiger partial charge >= 0.3 is 0 Å². The van der Waals surface area contributed by atoms with Crippen molar-refractivity contribution in [2.45, 2.75) is 24.7 Å². The zero-order valence-electron chi connectivity index (χ0n) is 28.2. The van der Waals surface area contributed by atoms with Crippen LogP contribution >= 0.6 is 0 Å². The van der Waals surface area contributed by atoms with Crippen molar-refractivity contribution in [2.75, 3.05) is 10.2 Å². The fourth-order valence-corrected chi connectivity index (χ4v) is 9.08. The Morgan fingerprint density at radius 2 is 1.33 bits per heavy atom. The maximum Gasteiger partial charge on any atom is 0.209 e. The van der Waals surface area contributed by atoms with Gasteiger partial charge in [0.25, 0.3) is 0 Å². The van der Waals surface area contributed by atoms with Crippen LogP contribution in [-0.4, -0.2) is 16.3 Å². The topological polar surface area (TPSA) is 32.6 Å². The van der Waals surface area contributed by atoms with Crippen LogP contribution < -0.4 is 10.2 Å². The average Bonchev–Trinajstić information content (AvgIpc) is 3.71. The molecule has 3 atom stereocenters. The number of aliphatic imine (C=N–C) groups is 1. The van der Waals surface area contributed by atoms with Crippen molar-refractivity contribution in [3.63, 3.8) is 0 Å². The summed E-state index contributed by atoms with van der Waals surface area (Å²) in [5.74, 6) is -0.559. The molecule has 51 heavy (non-hydrogen) atoms. The minimum atomic E-state index is -0.794. The number of anilines is 3. The van der Waals surface area contributed by atoms with E-state index in [2.05, 4.69) is 192 Å². The lowest BCUT2D eigenvalue weighted by atomic mass is 9.89. The molecule has 4 heteroatoms. The Morgan fingerprint density at radius 3 is 2.24 bits per heavy atom. The highest BCUT2D eigenvalue weighted by Gasteiger charge is 2.40. The summed E-state index contributed by atoms with van der Waals surface area (Å²) >= 11 is 0. The molecule has 3 heterocycles. The van der Waals surface area contributed by atoms with Crippen molar-refractivity contribution in [3.8, 4) is 0 Å². The van der Waals surface area contributed by atoms with E-state index in [9.17, 15) is 0 Å². The van der Waals surface area contributed by atoms with Crippen molar-refractivity contribution in [1.82, 2.24) is 4.57 Å². The molecule has 4 nitrogen and oxygen atoms in total. The molecule has 0 saturated carbocycles. The number of aromatic nitrogens is 1. The zero-order chi connectivity index (χ0) is 33.7. The number of allylic oxidation sites excluding steroid dienone is 2. The number of fused-ring (bicyclic) bond motifs is 10. The van der Waals surface area contributed by atoms with E-state index in [1.807, 2.05) is 0 Å². The van der Waals surface area contributed by atoms with Gasteiger partial charge in [0.2, 0.25) is 5.79 Å². The molecular weight excluding hydrogens is 621 g/mol. The summed E-state index contributed by atoms with van der Waals surface area (Å²) in [6.45, 7) is 2.21. The van der Waals surface area contributed by atoms with Crippen molar-refractivity contribution in [3.05, 3.63) is 187 Å². The Bertz CT molecular complexity index is 2830. The molecule has 7 aromatic carbocycles. The zero-order valence-corrected chi connectivity index (χ0v) is 28.2. The Balaban J connectivity index is 1.13. The van der Waals surface area contributed by atoms with Gasteiger partial charge in [0.15, 0.2) is 0 Å². The molecule has 0 amide bonds. The van der Waals surface area contributed by atoms with Crippen LogP contribution in [0.5, 0.6) is 0 Å². The normalized spacial score (nSPS) is 20.4. The van der Waals surface area contributed by atoms with Gasteiger partial charge in [0, 0.05) is 50.3 Å². The number of nitrogens with zero attached hydrogens (tertiary/aromatic N) is 3. The second-order valence-corrected chi connectivity index (χ2v) is 14.1. The number of hydrogen-bond acceptors (Lipinski definition) is 3. The lowest BCUT2D eigenvalue weighted by Crippen LogP contribution is -2.41. The van der Waals surface area contributed by atoms with Gasteiger partial charge in [0.05, 0.1) is 22.8 Å². The molecule has 0 bridgehead atoms. The van der Waals surface area contributed by atoms with Crippen LogP contribution in [0.3, 0.4) is 0 Å². The van der Waals surface area contributed by atoms with Crippen molar-refractivity contribution >= 4 is 66.1 Å². The number of rotatable bonds is 3. The Morgan fingerprint density at radius 1 is 0.608 bits per heavy atom. The van der Waals surface area contributed by atoms with E-state index in [0.717, 1.165) is 33.6 Å². The summed E-state index contributed by atoms with van der Waals surface area (Å²) < 4.78 is 2.40. The summed E-state index contributed by atoms with van der Waals surface area (Å²) in [7, 11) is 0. The van der Waals surface area contributed by atoms with Crippen molar-refractivity contribution in [2.24, 2.45) is 4.99 Å². The highest BCUT2D eigenvalue weighted by Crippen LogP contribution is 2.50. The third-order valence-electron chi connectivity index (χ3n) is 11.2. The van der Waals surface area contributed by atoms with Gasteiger partial charge < -0.3 is 10.2 Å². The van der Waals surface area contributed by atoms with Gasteiger partial charge in [0.1, 0.15) is 0 Å².